The van der Waals surface area contributed by atoms with Crippen LogP contribution in [0.15, 0.2) is 24.3 Å². The van der Waals surface area contributed by atoms with Crippen LogP contribution in [0.1, 0.15) is 31.4 Å². The minimum atomic E-state index is -4.47. The van der Waals surface area contributed by atoms with E-state index in [-0.39, 0.29) is 25.4 Å². The molecule has 0 aromatic heterocycles. The van der Waals surface area contributed by atoms with E-state index in [1.807, 2.05) is 0 Å². The average Bonchev–Trinajstić information content (AvgIpc) is 3.16. The van der Waals surface area contributed by atoms with Crippen LogP contribution in [0, 0.1) is 11.8 Å². The lowest BCUT2D eigenvalue weighted by Crippen LogP contribution is -2.59. The third-order valence-electron chi connectivity index (χ3n) is 5.72. The first-order valence-corrected chi connectivity index (χ1v) is 10.7. The Labute approximate surface area is 175 Å². The van der Waals surface area contributed by atoms with Crippen molar-refractivity contribution in [1.29, 1.82) is 0 Å². The zero-order chi connectivity index (χ0) is 22.3. The summed E-state index contributed by atoms with van der Waals surface area (Å²) in [5, 5.41) is -0.612. The molecule has 0 saturated heterocycles. The summed E-state index contributed by atoms with van der Waals surface area (Å²) in [5.41, 5.74) is 1.88. The SMILES string of the molecule is CCOC(=O)[C@@]1(N)[C@H]2[C@@H](C[C@H]1SCc1cccc(C(F)(F)F)c1)[C@]2(F)C(=O)OCC. The first-order chi connectivity index (χ1) is 14.0. The molecule has 10 heteroatoms. The number of rotatable bonds is 7. The number of carbonyl (C=O) groups is 2. The van der Waals surface area contributed by atoms with Gasteiger partial charge in [0.1, 0.15) is 5.54 Å². The largest absolute Gasteiger partial charge is 0.465 e. The average molecular weight is 449 g/mol. The Morgan fingerprint density at radius 2 is 1.83 bits per heavy atom. The van der Waals surface area contributed by atoms with Gasteiger partial charge in [-0.05, 0) is 31.9 Å². The summed E-state index contributed by atoms with van der Waals surface area (Å²) in [6, 6.07) is 4.85. The van der Waals surface area contributed by atoms with Crippen molar-refractivity contribution in [2.45, 2.75) is 48.7 Å². The van der Waals surface area contributed by atoms with Crippen LogP contribution in [0.4, 0.5) is 17.6 Å². The van der Waals surface area contributed by atoms with Crippen molar-refractivity contribution >= 4 is 23.7 Å². The van der Waals surface area contributed by atoms with E-state index in [1.165, 1.54) is 17.8 Å². The second-order valence-corrected chi connectivity index (χ2v) is 8.65. The third kappa shape index (κ3) is 3.68. The van der Waals surface area contributed by atoms with Crippen molar-refractivity contribution in [3.63, 3.8) is 0 Å². The molecule has 2 aliphatic carbocycles. The number of carbonyl (C=O) groups excluding carboxylic acids is 2. The Balaban J connectivity index is 1.79. The number of esters is 2. The van der Waals surface area contributed by atoms with Gasteiger partial charge in [0, 0.05) is 22.8 Å². The van der Waals surface area contributed by atoms with Crippen LogP contribution in [0.5, 0.6) is 0 Å². The molecule has 3 rings (SSSR count). The van der Waals surface area contributed by atoms with Crippen LogP contribution in [0.25, 0.3) is 0 Å². The van der Waals surface area contributed by atoms with Crippen molar-refractivity contribution < 1.29 is 36.6 Å². The van der Waals surface area contributed by atoms with Crippen LogP contribution >= 0.6 is 11.8 Å². The lowest BCUT2D eigenvalue weighted by Gasteiger charge is -2.33. The van der Waals surface area contributed by atoms with E-state index in [9.17, 15) is 22.8 Å². The fourth-order valence-corrected chi connectivity index (χ4v) is 5.75. The molecule has 5 nitrogen and oxygen atoms in total. The van der Waals surface area contributed by atoms with Crippen molar-refractivity contribution in [1.82, 2.24) is 0 Å². The Hall–Kier alpha value is -1.81. The minimum absolute atomic E-state index is 0.00531. The molecule has 2 saturated carbocycles. The van der Waals surface area contributed by atoms with Crippen molar-refractivity contribution in [2.75, 3.05) is 13.2 Å². The highest BCUT2D eigenvalue weighted by atomic mass is 32.2. The molecule has 30 heavy (non-hydrogen) atoms. The Bertz CT molecular complexity index is 835. The highest BCUT2D eigenvalue weighted by Gasteiger charge is 2.85. The molecule has 166 valence electrons. The molecule has 0 amide bonds. The molecular weight excluding hydrogens is 426 g/mol. The quantitative estimate of drug-likeness (QED) is 0.507. The first kappa shape index (κ1) is 22.9. The molecular formula is C20H23F4NO4S. The van der Waals surface area contributed by atoms with Gasteiger partial charge in [-0.2, -0.15) is 24.9 Å². The van der Waals surface area contributed by atoms with E-state index in [0.29, 0.717) is 5.56 Å². The van der Waals surface area contributed by atoms with Crippen molar-refractivity contribution in [3.05, 3.63) is 35.4 Å². The van der Waals surface area contributed by atoms with Crippen LogP contribution < -0.4 is 5.73 Å². The number of fused-ring (bicyclic) bond motifs is 1. The summed E-state index contributed by atoms with van der Waals surface area (Å²) < 4.78 is 64.0. The molecule has 0 radical (unpaired) electrons. The minimum Gasteiger partial charge on any atom is -0.465 e. The number of benzene rings is 1. The fraction of sp³-hybridized carbons (Fsp3) is 0.600. The maximum Gasteiger partial charge on any atom is 0.416 e. The van der Waals surface area contributed by atoms with Gasteiger partial charge in [-0.25, -0.2) is 14.0 Å². The van der Waals surface area contributed by atoms with Gasteiger partial charge in [0.05, 0.1) is 18.8 Å². The van der Waals surface area contributed by atoms with E-state index in [1.54, 1.807) is 19.9 Å². The maximum atomic E-state index is 15.3. The van der Waals surface area contributed by atoms with Crippen molar-refractivity contribution in [3.8, 4) is 0 Å². The van der Waals surface area contributed by atoms with Crippen LogP contribution in [0.3, 0.4) is 0 Å². The second kappa shape index (κ2) is 8.03. The number of hydrogen-bond donors (Lipinski definition) is 1. The lowest BCUT2D eigenvalue weighted by molar-refractivity contribution is -0.156. The molecule has 1 aromatic rings. The summed E-state index contributed by atoms with van der Waals surface area (Å²) in [5.74, 6) is -3.58. The standard InChI is InChI=1S/C20H23F4NO4S/c1-3-28-16(26)18(21)13-9-14(19(25,15(13)18)17(27)29-4-2)30-10-11-6-5-7-12(8-11)20(22,23)24/h5-8,13-15H,3-4,9-10,25H2,1-2H3/t13-,14-,15+,18-,19+/m1/s1. The smallest absolute Gasteiger partial charge is 0.416 e. The van der Waals surface area contributed by atoms with Crippen LogP contribution in [-0.4, -0.2) is 41.6 Å². The molecule has 0 bridgehead atoms. The van der Waals surface area contributed by atoms with Crippen LogP contribution in [0.2, 0.25) is 0 Å². The van der Waals surface area contributed by atoms with E-state index >= 15 is 4.39 Å². The zero-order valence-corrected chi connectivity index (χ0v) is 17.3. The molecule has 0 unspecified atom stereocenters. The number of thioether (sulfide) groups is 1. The predicted molar refractivity (Wildman–Crippen MR) is 102 cm³/mol. The molecule has 0 heterocycles. The van der Waals surface area contributed by atoms with Gasteiger partial charge in [0.25, 0.3) is 0 Å². The molecule has 2 fully saturated rings. The van der Waals surface area contributed by atoms with E-state index in [0.717, 1.165) is 12.1 Å². The highest BCUT2D eigenvalue weighted by molar-refractivity contribution is 7.99. The van der Waals surface area contributed by atoms with Gasteiger partial charge < -0.3 is 15.2 Å². The predicted octanol–water partition coefficient (Wildman–Crippen LogP) is 3.49. The van der Waals surface area contributed by atoms with Crippen LogP contribution in [-0.2, 0) is 31.0 Å². The third-order valence-corrected chi connectivity index (χ3v) is 7.21. The second-order valence-electron chi connectivity index (χ2n) is 7.46. The van der Waals surface area contributed by atoms with E-state index < -0.39 is 52.0 Å². The van der Waals surface area contributed by atoms with Gasteiger partial charge in [-0.3, -0.25) is 0 Å². The number of nitrogens with two attached hydrogens (primary N) is 1. The molecule has 2 N–H and O–H groups in total. The summed E-state index contributed by atoms with van der Waals surface area (Å²) in [4.78, 5) is 24.8. The normalized spacial score (nSPS) is 32.4. The molecule has 2 aliphatic rings. The summed E-state index contributed by atoms with van der Waals surface area (Å²) >= 11 is 1.17. The monoisotopic (exact) mass is 449 g/mol. The van der Waals surface area contributed by atoms with E-state index in [4.69, 9.17) is 15.2 Å². The van der Waals surface area contributed by atoms with Gasteiger partial charge in [-0.15, -0.1) is 0 Å². The number of alkyl halides is 4. The number of hydrogen-bond acceptors (Lipinski definition) is 6. The van der Waals surface area contributed by atoms with Gasteiger partial charge in [-0.1, -0.05) is 18.2 Å². The molecule has 0 aliphatic heterocycles. The highest BCUT2D eigenvalue weighted by Crippen LogP contribution is 2.69. The topological polar surface area (TPSA) is 78.6 Å². The summed E-state index contributed by atoms with van der Waals surface area (Å²) in [6.07, 6.45) is -4.34. The lowest BCUT2D eigenvalue weighted by atomic mass is 9.90. The van der Waals surface area contributed by atoms with Gasteiger partial charge >= 0.3 is 18.1 Å². The Morgan fingerprint density at radius 3 is 2.43 bits per heavy atom. The Morgan fingerprint density at radius 1 is 1.20 bits per heavy atom. The fourth-order valence-electron chi connectivity index (χ4n) is 4.31. The van der Waals surface area contributed by atoms with Crippen molar-refractivity contribution in [2.24, 2.45) is 17.6 Å². The summed E-state index contributed by atoms with van der Waals surface area (Å²) in [6.45, 7) is 3.15. The van der Waals surface area contributed by atoms with Gasteiger partial charge in [0.15, 0.2) is 0 Å². The molecule has 0 spiro atoms. The molecule has 1 aromatic carbocycles. The summed E-state index contributed by atoms with van der Waals surface area (Å²) in [7, 11) is 0. The van der Waals surface area contributed by atoms with E-state index in [2.05, 4.69) is 0 Å². The first-order valence-electron chi connectivity index (χ1n) is 9.61. The number of ether oxygens (including phenoxy) is 2. The molecule has 5 atom stereocenters. The number of halogens is 4. The maximum absolute atomic E-state index is 15.3. The Kier molecular flexibility index (Phi) is 6.12. The zero-order valence-electron chi connectivity index (χ0n) is 16.5. The van der Waals surface area contributed by atoms with Gasteiger partial charge in [0.2, 0.25) is 5.67 Å².